The zero-order valence-electron chi connectivity index (χ0n) is 5.56. The van der Waals surface area contributed by atoms with Crippen molar-refractivity contribution in [3.05, 3.63) is 0 Å². The predicted octanol–water partition coefficient (Wildman–Crippen LogP) is -0.0217. The van der Waals surface area contributed by atoms with Crippen LogP contribution in [0, 0.1) is 11.3 Å². The molecule has 1 heterocycles. The molecule has 52 valence electrons. The van der Waals surface area contributed by atoms with Crippen LogP contribution in [0.1, 0.15) is 12.8 Å². The lowest BCUT2D eigenvalue weighted by molar-refractivity contribution is 0.181. The van der Waals surface area contributed by atoms with Gasteiger partial charge in [-0.05, 0) is 25.3 Å². The van der Waals surface area contributed by atoms with Crippen LogP contribution in [0.2, 0.25) is 0 Å². The molecular formula is C7H13NO. The molecule has 1 aliphatic heterocycles. The maximum absolute atomic E-state index is 8.95. The molecule has 0 aromatic heterocycles. The first-order valence-corrected chi connectivity index (χ1v) is 3.69. The molecule has 2 fully saturated rings. The first-order chi connectivity index (χ1) is 4.37. The molecule has 0 bridgehead atoms. The Morgan fingerprint density at radius 1 is 1.67 bits per heavy atom. The van der Waals surface area contributed by atoms with E-state index in [1.807, 2.05) is 0 Å². The molecule has 1 aliphatic carbocycles. The van der Waals surface area contributed by atoms with E-state index < -0.39 is 0 Å². The molecule has 0 amide bonds. The van der Waals surface area contributed by atoms with Crippen molar-refractivity contribution in [1.29, 1.82) is 0 Å². The van der Waals surface area contributed by atoms with Crippen molar-refractivity contribution in [3.63, 3.8) is 0 Å². The number of fused-ring (bicyclic) bond motifs is 1. The highest BCUT2D eigenvalue weighted by Crippen LogP contribution is 2.54. The average molecular weight is 127 g/mol. The van der Waals surface area contributed by atoms with Crippen molar-refractivity contribution < 1.29 is 5.11 Å². The van der Waals surface area contributed by atoms with Gasteiger partial charge in [0.15, 0.2) is 0 Å². The topological polar surface area (TPSA) is 32.3 Å². The van der Waals surface area contributed by atoms with Gasteiger partial charge in [0.05, 0.1) is 6.61 Å². The quantitative estimate of drug-likeness (QED) is 0.519. The maximum atomic E-state index is 8.95. The van der Waals surface area contributed by atoms with E-state index in [4.69, 9.17) is 5.11 Å². The molecule has 2 unspecified atom stereocenters. The van der Waals surface area contributed by atoms with Crippen molar-refractivity contribution in [2.24, 2.45) is 11.3 Å². The summed E-state index contributed by atoms with van der Waals surface area (Å²) >= 11 is 0. The molecule has 9 heavy (non-hydrogen) atoms. The van der Waals surface area contributed by atoms with Crippen molar-refractivity contribution in [1.82, 2.24) is 5.32 Å². The molecule has 2 aliphatic rings. The fourth-order valence-electron chi connectivity index (χ4n) is 1.92. The number of rotatable bonds is 1. The first kappa shape index (κ1) is 5.69. The monoisotopic (exact) mass is 127 g/mol. The fourth-order valence-corrected chi connectivity index (χ4v) is 1.92. The fraction of sp³-hybridized carbons (Fsp3) is 1.00. The second-order valence-electron chi connectivity index (χ2n) is 3.39. The Hall–Kier alpha value is -0.0800. The van der Waals surface area contributed by atoms with E-state index in [-0.39, 0.29) is 0 Å². The predicted molar refractivity (Wildman–Crippen MR) is 35.1 cm³/mol. The Morgan fingerprint density at radius 2 is 2.56 bits per heavy atom. The van der Waals surface area contributed by atoms with Crippen molar-refractivity contribution >= 4 is 0 Å². The summed E-state index contributed by atoms with van der Waals surface area (Å²) in [6.07, 6.45) is 2.54. The second-order valence-corrected chi connectivity index (χ2v) is 3.39. The Labute approximate surface area is 55.3 Å². The van der Waals surface area contributed by atoms with Gasteiger partial charge >= 0.3 is 0 Å². The standard InChI is InChI=1S/C7H13NO/c9-5-7-3-6(7)1-2-8-4-7/h6,8-9H,1-5H2. The van der Waals surface area contributed by atoms with E-state index in [1.165, 1.54) is 12.8 Å². The number of hydrogen-bond acceptors (Lipinski definition) is 2. The second kappa shape index (κ2) is 1.70. The van der Waals surface area contributed by atoms with Gasteiger partial charge in [-0.15, -0.1) is 0 Å². The smallest absolute Gasteiger partial charge is 0.0502 e. The molecule has 2 heteroatoms. The zero-order chi connectivity index (χ0) is 6.32. The molecule has 2 N–H and O–H groups in total. The minimum Gasteiger partial charge on any atom is -0.396 e. The third-order valence-electron chi connectivity index (χ3n) is 2.82. The number of piperidine rings is 1. The van der Waals surface area contributed by atoms with Crippen molar-refractivity contribution in [2.75, 3.05) is 19.7 Å². The summed E-state index contributed by atoms with van der Waals surface area (Å²) in [6.45, 7) is 2.60. The summed E-state index contributed by atoms with van der Waals surface area (Å²) in [5, 5.41) is 12.3. The van der Waals surface area contributed by atoms with Gasteiger partial charge in [0.1, 0.15) is 0 Å². The van der Waals surface area contributed by atoms with Gasteiger partial charge in [0.25, 0.3) is 0 Å². The van der Waals surface area contributed by atoms with Crippen LogP contribution in [-0.4, -0.2) is 24.8 Å². The minimum atomic E-state index is 0.332. The van der Waals surface area contributed by atoms with Crippen LogP contribution < -0.4 is 5.32 Å². The Balaban J connectivity index is 2.01. The molecule has 1 saturated heterocycles. The van der Waals surface area contributed by atoms with Gasteiger partial charge in [-0.3, -0.25) is 0 Å². The number of hydrogen-bond donors (Lipinski definition) is 2. The average Bonchev–Trinajstić information content (AvgIpc) is 2.62. The summed E-state index contributed by atoms with van der Waals surface area (Å²) < 4.78 is 0. The lowest BCUT2D eigenvalue weighted by Crippen LogP contribution is -2.33. The highest BCUT2D eigenvalue weighted by molar-refractivity contribution is 5.05. The van der Waals surface area contributed by atoms with E-state index >= 15 is 0 Å². The van der Waals surface area contributed by atoms with Crippen molar-refractivity contribution in [3.8, 4) is 0 Å². The molecule has 2 rings (SSSR count). The lowest BCUT2D eigenvalue weighted by Gasteiger charge is -2.19. The summed E-state index contributed by atoms with van der Waals surface area (Å²) in [5.41, 5.74) is 0.332. The van der Waals surface area contributed by atoms with E-state index in [2.05, 4.69) is 5.32 Å². The van der Waals surface area contributed by atoms with Crippen LogP contribution in [0.4, 0.5) is 0 Å². The molecule has 1 saturated carbocycles. The largest absolute Gasteiger partial charge is 0.396 e. The molecule has 0 aromatic carbocycles. The van der Waals surface area contributed by atoms with E-state index in [0.717, 1.165) is 19.0 Å². The van der Waals surface area contributed by atoms with Crippen LogP contribution in [-0.2, 0) is 0 Å². The highest BCUT2D eigenvalue weighted by atomic mass is 16.3. The van der Waals surface area contributed by atoms with Gasteiger partial charge in [0, 0.05) is 12.0 Å². The minimum absolute atomic E-state index is 0.332. The Morgan fingerprint density at radius 3 is 3.11 bits per heavy atom. The molecule has 2 atom stereocenters. The Kier molecular flexibility index (Phi) is 1.08. The summed E-state index contributed by atoms with van der Waals surface area (Å²) in [4.78, 5) is 0. The molecule has 0 radical (unpaired) electrons. The third-order valence-corrected chi connectivity index (χ3v) is 2.82. The molecule has 2 nitrogen and oxygen atoms in total. The van der Waals surface area contributed by atoms with Crippen LogP contribution in [0.5, 0.6) is 0 Å². The number of nitrogens with one attached hydrogen (secondary N) is 1. The SMILES string of the molecule is OCC12CNCCC1C2. The van der Waals surface area contributed by atoms with Crippen LogP contribution in [0.3, 0.4) is 0 Å². The van der Waals surface area contributed by atoms with Gasteiger partial charge in [-0.2, -0.15) is 0 Å². The number of aliphatic hydroxyl groups is 1. The van der Waals surface area contributed by atoms with Gasteiger partial charge in [-0.1, -0.05) is 0 Å². The molecular weight excluding hydrogens is 114 g/mol. The van der Waals surface area contributed by atoms with Gasteiger partial charge < -0.3 is 10.4 Å². The lowest BCUT2D eigenvalue weighted by atomic mass is 10.0. The van der Waals surface area contributed by atoms with E-state index in [9.17, 15) is 0 Å². The third kappa shape index (κ3) is 0.700. The summed E-state index contributed by atoms with van der Waals surface area (Å²) in [7, 11) is 0. The summed E-state index contributed by atoms with van der Waals surface area (Å²) in [6, 6.07) is 0. The van der Waals surface area contributed by atoms with Crippen LogP contribution in [0.15, 0.2) is 0 Å². The maximum Gasteiger partial charge on any atom is 0.0502 e. The van der Waals surface area contributed by atoms with Gasteiger partial charge in [-0.25, -0.2) is 0 Å². The first-order valence-electron chi connectivity index (χ1n) is 3.69. The number of aliphatic hydroxyl groups excluding tert-OH is 1. The van der Waals surface area contributed by atoms with E-state index in [1.54, 1.807) is 0 Å². The highest BCUT2D eigenvalue weighted by Gasteiger charge is 2.54. The molecule has 0 aromatic rings. The van der Waals surface area contributed by atoms with Gasteiger partial charge in [0.2, 0.25) is 0 Å². The molecule has 0 spiro atoms. The van der Waals surface area contributed by atoms with E-state index in [0.29, 0.717) is 12.0 Å². The normalized spacial score (nSPS) is 48.3. The van der Waals surface area contributed by atoms with Crippen molar-refractivity contribution in [2.45, 2.75) is 12.8 Å². The Bertz CT molecular complexity index is 126. The summed E-state index contributed by atoms with van der Waals surface area (Å²) in [5.74, 6) is 0.851. The zero-order valence-corrected chi connectivity index (χ0v) is 5.56. The van der Waals surface area contributed by atoms with Crippen LogP contribution >= 0.6 is 0 Å². The van der Waals surface area contributed by atoms with Crippen LogP contribution in [0.25, 0.3) is 0 Å².